The van der Waals surface area contributed by atoms with Crippen molar-refractivity contribution >= 4 is 11.8 Å². The first-order valence-electron chi connectivity index (χ1n) is 13.2. The molecule has 1 saturated heterocycles. The first-order valence-corrected chi connectivity index (χ1v) is 13.2. The molecule has 34 heavy (non-hydrogen) atoms. The Morgan fingerprint density at radius 1 is 1.18 bits per heavy atom. The van der Waals surface area contributed by atoms with Crippen molar-refractivity contribution in [1.82, 2.24) is 0 Å². The Morgan fingerprint density at radius 3 is 2.65 bits per heavy atom. The lowest BCUT2D eigenvalue weighted by Crippen LogP contribution is -2.64. The van der Waals surface area contributed by atoms with E-state index in [0.29, 0.717) is 11.8 Å². The Morgan fingerprint density at radius 2 is 1.94 bits per heavy atom. The van der Waals surface area contributed by atoms with Gasteiger partial charge in [0.05, 0.1) is 11.5 Å². The molecule has 0 radical (unpaired) electrons. The Kier molecular flexibility index (Phi) is 4.90. The second kappa shape index (κ2) is 7.27. The van der Waals surface area contributed by atoms with Crippen LogP contribution in [0.1, 0.15) is 66.2 Å². The van der Waals surface area contributed by atoms with Crippen LogP contribution in [0, 0.1) is 40.4 Å². The van der Waals surface area contributed by atoms with Crippen molar-refractivity contribution in [3.63, 3.8) is 0 Å². The van der Waals surface area contributed by atoms with Crippen molar-refractivity contribution in [2.75, 3.05) is 6.61 Å². The molecule has 1 spiro atoms. The maximum absolute atomic E-state index is 13.3. The molecule has 6 heteroatoms. The van der Waals surface area contributed by atoms with Gasteiger partial charge in [-0.3, -0.25) is 4.79 Å². The number of ether oxygens (including phenoxy) is 2. The second-order valence-corrected chi connectivity index (χ2v) is 12.4. The Balaban J connectivity index is 1.31. The van der Waals surface area contributed by atoms with Crippen LogP contribution < -0.4 is 0 Å². The number of allylic oxidation sites excluding steroid dienone is 1. The van der Waals surface area contributed by atoms with Crippen LogP contribution >= 0.6 is 0 Å². The van der Waals surface area contributed by atoms with Crippen LogP contribution in [0.3, 0.4) is 0 Å². The highest BCUT2D eigenvalue weighted by Crippen LogP contribution is 2.73. The quantitative estimate of drug-likeness (QED) is 0.485. The Bertz CT molecular complexity index is 999. The number of cyclic esters (lactones) is 1. The number of hydrogen-bond donors (Lipinski definition) is 2. The minimum Gasteiger partial charge on any atom is -0.458 e. The van der Waals surface area contributed by atoms with E-state index < -0.39 is 17.1 Å². The summed E-state index contributed by atoms with van der Waals surface area (Å²) in [4.78, 5) is 25.7. The number of carbonyl (C=O) groups excluding carboxylic acids is 2. The molecular formula is C28H38O6. The highest BCUT2D eigenvalue weighted by molar-refractivity contribution is 5.98. The fraction of sp³-hybridized carbons (Fsp3) is 0.786. The zero-order valence-electron chi connectivity index (χ0n) is 20.8. The number of hydrogen-bond acceptors (Lipinski definition) is 6. The van der Waals surface area contributed by atoms with Gasteiger partial charge in [-0.2, -0.15) is 0 Å². The highest BCUT2D eigenvalue weighted by Gasteiger charge is 2.80. The average Bonchev–Trinajstić information content (AvgIpc) is 3.43. The number of aliphatic hydroxyl groups is 2. The minimum atomic E-state index is -0.761. The smallest absolute Gasteiger partial charge is 0.333 e. The van der Waals surface area contributed by atoms with Crippen molar-refractivity contribution in [3.8, 4) is 0 Å². The second-order valence-electron chi connectivity index (χ2n) is 12.4. The molecular weight excluding hydrogens is 432 g/mol. The Labute approximate surface area is 201 Å². The van der Waals surface area contributed by atoms with Crippen LogP contribution in [0.4, 0.5) is 0 Å². The van der Waals surface area contributed by atoms with E-state index in [1.54, 1.807) is 12.2 Å². The van der Waals surface area contributed by atoms with Crippen molar-refractivity contribution in [1.29, 1.82) is 0 Å². The standard InChI is InChI=1S/C28H38O6/c1-14-11-21(33-25(32)15(14)2)16(3)18-5-6-20-17-12-24-28(34-24)23(31)8-7-22(30)26(28,4)19(17)9-10-27(18,20)13-29/h7-8,16-21,23-24,29,31H,5-6,9-13H2,1-4H3. The molecule has 0 aromatic carbocycles. The molecule has 4 fully saturated rings. The Hall–Kier alpha value is -1.50. The molecule has 2 N–H and O–H groups in total. The first-order chi connectivity index (χ1) is 16.1. The van der Waals surface area contributed by atoms with E-state index in [0.717, 1.165) is 49.7 Å². The van der Waals surface area contributed by atoms with Gasteiger partial charge >= 0.3 is 5.97 Å². The van der Waals surface area contributed by atoms with E-state index in [9.17, 15) is 19.8 Å². The van der Waals surface area contributed by atoms with Gasteiger partial charge in [0.2, 0.25) is 0 Å². The molecule has 6 rings (SSSR count). The minimum absolute atomic E-state index is 0.0844. The third kappa shape index (κ3) is 2.58. The van der Waals surface area contributed by atoms with Crippen molar-refractivity contribution in [2.24, 2.45) is 40.4 Å². The van der Waals surface area contributed by atoms with E-state index in [1.165, 1.54) is 0 Å². The summed E-state index contributed by atoms with van der Waals surface area (Å²) in [5, 5.41) is 21.7. The number of ketones is 1. The third-order valence-electron chi connectivity index (χ3n) is 11.6. The van der Waals surface area contributed by atoms with Gasteiger partial charge in [-0.05, 0) is 100 Å². The zero-order chi connectivity index (χ0) is 24.2. The number of aliphatic hydroxyl groups excluding tert-OH is 2. The summed E-state index contributed by atoms with van der Waals surface area (Å²) in [5.74, 6) is 1.08. The predicted octanol–water partition coefficient (Wildman–Crippen LogP) is 3.35. The maximum atomic E-state index is 13.3. The van der Waals surface area contributed by atoms with Gasteiger partial charge in [-0.15, -0.1) is 0 Å². The summed E-state index contributed by atoms with van der Waals surface area (Å²) < 4.78 is 12.1. The van der Waals surface area contributed by atoms with E-state index in [1.807, 2.05) is 20.8 Å². The van der Waals surface area contributed by atoms with E-state index >= 15 is 0 Å². The topological polar surface area (TPSA) is 96.4 Å². The lowest BCUT2D eigenvalue weighted by Gasteiger charge is -2.58. The third-order valence-corrected chi connectivity index (χ3v) is 11.6. The molecule has 4 aliphatic carbocycles. The van der Waals surface area contributed by atoms with Crippen LogP contribution in [0.2, 0.25) is 0 Å². The number of rotatable bonds is 3. The molecule has 0 bridgehead atoms. The summed E-state index contributed by atoms with van der Waals surface area (Å²) in [5.41, 5.74) is 0.145. The summed E-state index contributed by atoms with van der Waals surface area (Å²) in [6.45, 7) is 8.22. The highest BCUT2D eigenvalue weighted by atomic mass is 16.6. The van der Waals surface area contributed by atoms with Crippen LogP contribution in [0.15, 0.2) is 23.3 Å². The largest absolute Gasteiger partial charge is 0.458 e. The summed E-state index contributed by atoms with van der Waals surface area (Å²) in [6.07, 6.45) is 7.57. The van der Waals surface area contributed by atoms with Crippen LogP contribution in [-0.4, -0.2) is 52.5 Å². The number of carbonyl (C=O) groups is 2. The molecule has 2 aliphatic heterocycles. The summed E-state index contributed by atoms with van der Waals surface area (Å²) in [6, 6.07) is 0. The molecule has 0 aromatic heterocycles. The van der Waals surface area contributed by atoms with Gasteiger partial charge in [0.25, 0.3) is 0 Å². The van der Waals surface area contributed by atoms with Gasteiger partial charge in [0.15, 0.2) is 5.78 Å². The lowest BCUT2D eigenvalue weighted by molar-refractivity contribution is -0.159. The fourth-order valence-electron chi connectivity index (χ4n) is 9.59. The fourth-order valence-corrected chi connectivity index (χ4v) is 9.59. The molecule has 2 heterocycles. The van der Waals surface area contributed by atoms with Crippen molar-refractivity contribution in [3.05, 3.63) is 23.3 Å². The van der Waals surface area contributed by atoms with Gasteiger partial charge in [-0.1, -0.05) is 12.5 Å². The number of esters is 1. The SMILES string of the molecule is CC1=C(C)C(=O)OC(C(C)C2CCC3C4CC5OC56C(O)C=CC(=O)C6(C)C4CCC23CO)C1. The molecule has 11 atom stereocenters. The van der Waals surface area contributed by atoms with Crippen LogP contribution in [0.5, 0.6) is 0 Å². The van der Waals surface area contributed by atoms with E-state index in [-0.39, 0.29) is 53.7 Å². The first kappa shape index (κ1) is 22.9. The van der Waals surface area contributed by atoms with Crippen LogP contribution in [-0.2, 0) is 19.1 Å². The molecule has 0 amide bonds. The van der Waals surface area contributed by atoms with E-state index in [2.05, 4.69) is 6.92 Å². The summed E-state index contributed by atoms with van der Waals surface area (Å²) in [7, 11) is 0. The van der Waals surface area contributed by atoms with Crippen molar-refractivity contribution in [2.45, 2.75) is 90.1 Å². The maximum Gasteiger partial charge on any atom is 0.333 e. The monoisotopic (exact) mass is 470 g/mol. The van der Waals surface area contributed by atoms with E-state index in [4.69, 9.17) is 9.47 Å². The molecule has 0 aromatic rings. The molecule has 3 saturated carbocycles. The van der Waals surface area contributed by atoms with Gasteiger partial charge in [-0.25, -0.2) is 4.79 Å². The summed E-state index contributed by atoms with van der Waals surface area (Å²) >= 11 is 0. The number of epoxide rings is 1. The van der Waals surface area contributed by atoms with Gasteiger partial charge in [0.1, 0.15) is 17.8 Å². The molecule has 6 aliphatic rings. The van der Waals surface area contributed by atoms with Gasteiger partial charge < -0.3 is 19.7 Å². The molecule has 6 nitrogen and oxygen atoms in total. The average molecular weight is 471 g/mol. The normalized spacial score (nSPS) is 52.4. The molecule has 11 unspecified atom stereocenters. The van der Waals surface area contributed by atoms with Crippen LogP contribution in [0.25, 0.3) is 0 Å². The number of fused-ring (bicyclic) bond motifs is 4. The lowest BCUT2D eigenvalue weighted by atomic mass is 9.44. The van der Waals surface area contributed by atoms with Crippen molar-refractivity contribution < 1.29 is 29.3 Å². The zero-order valence-corrected chi connectivity index (χ0v) is 20.8. The van der Waals surface area contributed by atoms with Gasteiger partial charge in [0, 0.05) is 18.6 Å². The predicted molar refractivity (Wildman–Crippen MR) is 124 cm³/mol. The molecule has 186 valence electrons.